The highest BCUT2D eigenvalue weighted by Crippen LogP contribution is 2.47. The molecule has 0 bridgehead atoms. The molecule has 0 N–H and O–H groups in total. The number of fused-ring (bicyclic) bond motifs is 14. The average Bonchev–Trinajstić information content (AvgIpc) is 3.92. The molecule has 0 fully saturated rings. The molecule has 13 rings (SSSR count). The number of hydrogen-bond donors (Lipinski definition) is 0. The maximum Gasteiger partial charge on any atom is 0.159 e. The first-order chi connectivity index (χ1) is 30.8. The molecule has 0 aliphatic rings. The van der Waals surface area contributed by atoms with Gasteiger partial charge in [0.2, 0.25) is 0 Å². The number of nitrogens with zero attached hydrogens (tertiary/aromatic N) is 2. The van der Waals surface area contributed by atoms with Crippen molar-refractivity contribution in [3.05, 3.63) is 218 Å². The van der Waals surface area contributed by atoms with Gasteiger partial charge in [-0.1, -0.05) is 146 Å². The van der Waals surface area contributed by atoms with E-state index in [1.807, 2.05) is 24.3 Å². The van der Waals surface area contributed by atoms with E-state index in [1.54, 1.807) is 0 Å². The van der Waals surface area contributed by atoms with Crippen LogP contribution in [0.15, 0.2) is 227 Å². The highest BCUT2D eigenvalue weighted by molar-refractivity contribution is 6.32. The summed E-state index contributed by atoms with van der Waals surface area (Å²) in [7, 11) is 0. The third-order valence-corrected chi connectivity index (χ3v) is 12.6. The van der Waals surface area contributed by atoms with Crippen molar-refractivity contribution in [3.8, 4) is 0 Å². The van der Waals surface area contributed by atoms with Gasteiger partial charge in [0, 0.05) is 44.3 Å². The summed E-state index contributed by atoms with van der Waals surface area (Å²) in [5.74, 6) is 0. The van der Waals surface area contributed by atoms with Crippen LogP contribution in [-0.2, 0) is 0 Å². The van der Waals surface area contributed by atoms with Crippen molar-refractivity contribution in [1.29, 1.82) is 0 Å². The van der Waals surface area contributed by atoms with Gasteiger partial charge < -0.3 is 18.6 Å². The number of anilines is 6. The van der Waals surface area contributed by atoms with Crippen molar-refractivity contribution in [2.75, 3.05) is 9.80 Å². The summed E-state index contributed by atoms with van der Waals surface area (Å²) in [4.78, 5) is 4.65. The number of furan rings is 2. The summed E-state index contributed by atoms with van der Waals surface area (Å²) in [5.41, 5.74) is 9.75. The van der Waals surface area contributed by atoms with Gasteiger partial charge in [0.05, 0.1) is 11.4 Å². The molecule has 0 saturated heterocycles. The monoisotopic (exact) mass is 792 g/mol. The predicted molar refractivity (Wildman–Crippen MR) is 260 cm³/mol. The Labute approximate surface area is 356 Å². The summed E-state index contributed by atoms with van der Waals surface area (Å²) in [5, 5.41) is 14.2. The van der Waals surface area contributed by atoms with Crippen LogP contribution in [0.25, 0.3) is 87.0 Å². The first-order valence-electron chi connectivity index (χ1n) is 21.1. The molecule has 290 valence electrons. The fraction of sp³-hybridized carbons (Fsp3) is 0. The fourth-order valence-electron chi connectivity index (χ4n) is 9.86. The van der Waals surface area contributed by atoms with Gasteiger partial charge in [-0.15, -0.1) is 0 Å². The van der Waals surface area contributed by atoms with Gasteiger partial charge in [-0.05, 0) is 116 Å². The van der Waals surface area contributed by atoms with Crippen molar-refractivity contribution in [2.24, 2.45) is 0 Å². The highest BCUT2D eigenvalue weighted by Gasteiger charge is 2.23. The number of rotatable bonds is 6. The molecule has 2 aromatic heterocycles. The molecule has 0 spiro atoms. The van der Waals surface area contributed by atoms with E-state index in [9.17, 15) is 0 Å². The van der Waals surface area contributed by atoms with E-state index in [4.69, 9.17) is 8.83 Å². The largest absolute Gasteiger partial charge is 0.454 e. The van der Waals surface area contributed by atoms with Gasteiger partial charge >= 0.3 is 0 Å². The second-order valence-electron chi connectivity index (χ2n) is 16.0. The Hall–Kier alpha value is -8.34. The van der Waals surface area contributed by atoms with E-state index in [2.05, 4.69) is 204 Å². The third-order valence-electron chi connectivity index (χ3n) is 12.6. The zero-order valence-corrected chi connectivity index (χ0v) is 33.5. The van der Waals surface area contributed by atoms with Gasteiger partial charge in [-0.3, -0.25) is 0 Å². The van der Waals surface area contributed by atoms with Crippen LogP contribution in [0.1, 0.15) is 0 Å². The Balaban J connectivity index is 1.01. The van der Waals surface area contributed by atoms with Gasteiger partial charge in [0.1, 0.15) is 11.2 Å². The lowest BCUT2D eigenvalue weighted by Crippen LogP contribution is -2.10. The van der Waals surface area contributed by atoms with E-state index in [0.717, 1.165) is 78.0 Å². The van der Waals surface area contributed by atoms with Crippen LogP contribution in [0.4, 0.5) is 34.1 Å². The summed E-state index contributed by atoms with van der Waals surface area (Å²) in [6, 6.07) is 77.9. The normalized spacial score (nSPS) is 11.9. The number of benzene rings is 11. The second-order valence-corrected chi connectivity index (χ2v) is 16.0. The Morgan fingerprint density at radius 3 is 1.29 bits per heavy atom. The maximum absolute atomic E-state index is 6.62. The predicted octanol–water partition coefficient (Wildman–Crippen LogP) is 17.0. The minimum Gasteiger partial charge on any atom is -0.454 e. The van der Waals surface area contributed by atoms with Crippen molar-refractivity contribution < 1.29 is 8.83 Å². The van der Waals surface area contributed by atoms with Crippen LogP contribution in [0, 0.1) is 0 Å². The van der Waals surface area contributed by atoms with Crippen LogP contribution in [0.3, 0.4) is 0 Å². The molecule has 4 heteroatoms. The van der Waals surface area contributed by atoms with Gasteiger partial charge in [0.15, 0.2) is 11.2 Å². The molecule has 13 aromatic rings. The minimum absolute atomic E-state index is 0.868. The summed E-state index contributed by atoms with van der Waals surface area (Å²) < 4.78 is 13.2. The lowest BCUT2D eigenvalue weighted by atomic mass is 9.90. The third kappa shape index (κ3) is 5.20. The summed E-state index contributed by atoms with van der Waals surface area (Å²) >= 11 is 0. The van der Waals surface area contributed by atoms with Crippen LogP contribution < -0.4 is 9.80 Å². The molecule has 0 atom stereocenters. The average molecular weight is 793 g/mol. The molecule has 0 amide bonds. The fourth-order valence-corrected chi connectivity index (χ4v) is 9.86. The Bertz CT molecular complexity index is 3860. The standard InChI is InChI=1S/C58H36N2O2/c1-3-15-38(16-4-1)59(52-25-13-23-49-45-20-9-11-27-54(45)61-57(49)52)40-30-33-42-37(35-40)29-32-48-44-34-31-41(36-51(44)43-19-7-8-22-47(43)56(42)48)60(39-17-5-2-6-18-39)53-26-14-24-50-46-21-10-12-28-55(46)62-58(50)53/h1-36H. The van der Waals surface area contributed by atoms with E-state index < -0.39 is 0 Å². The SMILES string of the molecule is c1ccc(N(c2ccc3c(ccc4c5ccc(N(c6ccccc6)c6cccc7c6oc6ccccc67)cc5c5ccccc5c34)c2)c2cccc3c2oc2ccccc23)cc1. The zero-order valence-electron chi connectivity index (χ0n) is 33.5. The van der Waals surface area contributed by atoms with E-state index >= 15 is 0 Å². The van der Waals surface area contributed by atoms with Crippen LogP contribution >= 0.6 is 0 Å². The lowest BCUT2D eigenvalue weighted by molar-refractivity contribution is 0.668. The van der Waals surface area contributed by atoms with E-state index in [1.165, 1.54) is 43.1 Å². The smallest absolute Gasteiger partial charge is 0.159 e. The molecular formula is C58H36N2O2. The first kappa shape index (κ1) is 34.5. The highest BCUT2D eigenvalue weighted by atomic mass is 16.3. The molecule has 0 unspecified atom stereocenters. The van der Waals surface area contributed by atoms with Gasteiger partial charge in [-0.25, -0.2) is 0 Å². The Morgan fingerprint density at radius 2 is 0.694 bits per heavy atom. The molecule has 4 nitrogen and oxygen atoms in total. The van der Waals surface area contributed by atoms with Crippen molar-refractivity contribution in [3.63, 3.8) is 0 Å². The summed E-state index contributed by atoms with van der Waals surface area (Å²) in [6.45, 7) is 0. The number of hydrogen-bond acceptors (Lipinski definition) is 4. The minimum atomic E-state index is 0.868. The van der Waals surface area contributed by atoms with Gasteiger partial charge in [-0.2, -0.15) is 0 Å². The van der Waals surface area contributed by atoms with Crippen molar-refractivity contribution in [1.82, 2.24) is 0 Å². The topological polar surface area (TPSA) is 32.8 Å². The number of para-hydroxylation sites is 6. The van der Waals surface area contributed by atoms with Crippen molar-refractivity contribution in [2.45, 2.75) is 0 Å². The molecule has 62 heavy (non-hydrogen) atoms. The van der Waals surface area contributed by atoms with Crippen LogP contribution in [0.2, 0.25) is 0 Å². The quantitative estimate of drug-likeness (QED) is 0.157. The molecule has 2 heterocycles. The first-order valence-corrected chi connectivity index (χ1v) is 21.1. The van der Waals surface area contributed by atoms with Crippen molar-refractivity contribution >= 4 is 121 Å². The maximum atomic E-state index is 6.62. The Morgan fingerprint density at radius 1 is 0.258 bits per heavy atom. The van der Waals surface area contributed by atoms with E-state index in [0.29, 0.717) is 0 Å². The van der Waals surface area contributed by atoms with Crippen LogP contribution in [0.5, 0.6) is 0 Å². The molecule has 0 radical (unpaired) electrons. The second kappa shape index (κ2) is 13.6. The molecular weight excluding hydrogens is 757 g/mol. The van der Waals surface area contributed by atoms with Crippen LogP contribution in [-0.4, -0.2) is 0 Å². The summed E-state index contributed by atoms with van der Waals surface area (Å²) in [6.07, 6.45) is 0. The molecule has 0 aliphatic heterocycles. The lowest BCUT2D eigenvalue weighted by Gasteiger charge is -2.26. The van der Waals surface area contributed by atoms with E-state index in [-0.39, 0.29) is 0 Å². The zero-order chi connectivity index (χ0) is 40.7. The Kier molecular flexibility index (Phi) is 7.57. The molecule has 11 aromatic carbocycles. The van der Waals surface area contributed by atoms with Gasteiger partial charge in [0.25, 0.3) is 0 Å². The molecule has 0 aliphatic carbocycles. The molecule has 0 saturated carbocycles.